The van der Waals surface area contributed by atoms with Gasteiger partial charge in [-0.05, 0) is 42.2 Å². The Bertz CT molecular complexity index is 467. The zero-order valence-corrected chi connectivity index (χ0v) is 9.09. The minimum Gasteiger partial charge on any atom is -0.0613 e. The molecule has 0 aliphatic rings. The van der Waals surface area contributed by atoms with Gasteiger partial charge in [-0.1, -0.05) is 42.8 Å². The van der Waals surface area contributed by atoms with Gasteiger partial charge in [0.1, 0.15) is 0 Å². The fourth-order valence-electron chi connectivity index (χ4n) is 2.01. The topological polar surface area (TPSA) is 0 Å². The molecule has 0 heteroatoms. The monoisotopic (exact) mass is 184 g/mol. The summed E-state index contributed by atoms with van der Waals surface area (Å²) in [4.78, 5) is 0. The van der Waals surface area contributed by atoms with E-state index >= 15 is 0 Å². The standard InChI is InChI=1S/C14H16/c1-4-12-7-8-13-6-5-10(2)9-14(13)11(12)3/h5-9H,4H2,1-3H3. The predicted octanol–water partition coefficient (Wildman–Crippen LogP) is 4.02. The fraction of sp³-hybridized carbons (Fsp3) is 0.286. The summed E-state index contributed by atoms with van der Waals surface area (Å²) in [5.74, 6) is 0. The smallest absolute Gasteiger partial charge is 0.0149 e. The maximum atomic E-state index is 2.28. The van der Waals surface area contributed by atoms with Crippen LogP contribution >= 0.6 is 0 Å². The molecule has 14 heavy (non-hydrogen) atoms. The zero-order valence-electron chi connectivity index (χ0n) is 9.09. The molecule has 0 heterocycles. The first-order valence-corrected chi connectivity index (χ1v) is 5.21. The maximum absolute atomic E-state index is 2.28. The van der Waals surface area contributed by atoms with Crippen LogP contribution in [-0.4, -0.2) is 0 Å². The number of aryl methyl sites for hydroxylation is 3. The zero-order chi connectivity index (χ0) is 10.1. The van der Waals surface area contributed by atoms with Crippen molar-refractivity contribution in [3.8, 4) is 0 Å². The van der Waals surface area contributed by atoms with E-state index in [0.717, 1.165) is 6.42 Å². The van der Waals surface area contributed by atoms with Crippen molar-refractivity contribution in [2.24, 2.45) is 0 Å². The van der Waals surface area contributed by atoms with Gasteiger partial charge in [-0.3, -0.25) is 0 Å². The van der Waals surface area contributed by atoms with Crippen molar-refractivity contribution in [2.75, 3.05) is 0 Å². The maximum Gasteiger partial charge on any atom is -0.0149 e. The Hall–Kier alpha value is -1.30. The van der Waals surface area contributed by atoms with Crippen molar-refractivity contribution in [2.45, 2.75) is 27.2 Å². The van der Waals surface area contributed by atoms with Crippen LogP contribution in [0.15, 0.2) is 30.3 Å². The van der Waals surface area contributed by atoms with Crippen molar-refractivity contribution < 1.29 is 0 Å². The molecule has 0 nitrogen and oxygen atoms in total. The second-order valence-corrected chi connectivity index (χ2v) is 3.93. The van der Waals surface area contributed by atoms with Crippen LogP contribution in [0.4, 0.5) is 0 Å². The summed E-state index contributed by atoms with van der Waals surface area (Å²) in [5.41, 5.74) is 4.24. The highest BCUT2D eigenvalue weighted by atomic mass is 14.1. The Morgan fingerprint density at radius 2 is 1.71 bits per heavy atom. The summed E-state index contributed by atoms with van der Waals surface area (Å²) >= 11 is 0. The summed E-state index contributed by atoms with van der Waals surface area (Å²) < 4.78 is 0. The highest BCUT2D eigenvalue weighted by Crippen LogP contribution is 2.23. The average molecular weight is 184 g/mol. The van der Waals surface area contributed by atoms with Crippen LogP contribution in [0.3, 0.4) is 0 Å². The van der Waals surface area contributed by atoms with Crippen LogP contribution in [0, 0.1) is 13.8 Å². The Labute approximate surface area is 85.6 Å². The molecule has 72 valence electrons. The van der Waals surface area contributed by atoms with Gasteiger partial charge in [-0.25, -0.2) is 0 Å². The molecule has 0 unspecified atom stereocenters. The Morgan fingerprint density at radius 3 is 2.43 bits per heavy atom. The van der Waals surface area contributed by atoms with E-state index in [4.69, 9.17) is 0 Å². The van der Waals surface area contributed by atoms with Crippen molar-refractivity contribution in [1.82, 2.24) is 0 Å². The largest absolute Gasteiger partial charge is 0.0613 e. The van der Waals surface area contributed by atoms with E-state index in [9.17, 15) is 0 Å². The van der Waals surface area contributed by atoms with Gasteiger partial charge in [0.05, 0.1) is 0 Å². The average Bonchev–Trinajstić information content (AvgIpc) is 2.20. The highest BCUT2D eigenvalue weighted by molar-refractivity contribution is 5.87. The van der Waals surface area contributed by atoms with Crippen molar-refractivity contribution in [3.05, 3.63) is 47.0 Å². The Kier molecular flexibility index (Phi) is 2.28. The van der Waals surface area contributed by atoms with Crippen molar-refractivity contribution in [3.63, 3.8) is 0 Å². The summed E-state index contributed by atoms with van der Waals surface area (Å²) in [7, 11) is 0. The molecule has 0 spiro atoms. The number of fused-ring (bicyclic) bond motifs is 1. The molecule has 0 aliphatic carbocycles. The molecular weight excluding hydrogens is 168 g/mol. The minimum atomic E-state index is 1.12. The van der Waals surface area contributed by atoms with Gasteiger partial charge in [0.2, 0.25) is 0 Å². The minimum absolute atomic E-state index is 1.12. The van der Waals surface area contributed by atoms with E-state index in [1.54, 1.807) is 0 Å². The third kappa shape index (κ3) is 1.41. The number of benzene rings is 2. The summed E-state index contributed by atoms with van der Waals surface area (Å²) in [6, 6.07) is 11.1. The molecule has 0 saturated carbocycles. The van der Waals surface area contributed by atoms with Gasteiger partial charge in [-0.2, -0.15) is 0 Å². The predicted molar refractivity (Wildman–Crippen MR) is 62.8 cm³/mol. The quantitative estimate of drug-likeness (QED) is 0.628. The third-order valence-electron chi connectivity index (χ3n) is 2.94. The van der Waals surface area contributed by atoms with Crippen LogP contribution in [-0.2, 0) is 6.42 Å². The van der Waals surface area contributed by atoms with E-state index in [1.807, 2.05) is 0 Å². The Balaban J connectivity index is 2.79. The molecule has 2 aromatic rings. The number of hydrogen-bond acceptors (Lipinski definition) is 0. The molecule has 2 aromatic carbocycles. The van der Waals surface area contributed by atoms with Gasteiger partial charge in [0, 0.05) is 0 Å². The van der Waals surface area contributed by atoms with Gasteiger partial charge in [-0.15, -0.1) is 0 Å². The second-order valence-electron chi connectivity index (χ2n) is 3.93. The lowest BCUT2D eigenvalue weighted by atomic mass is 9.97. The SMILES string of the molecule is CCc1ccc2ccc(C)cc2c1C. The van der Waals surface area contributed by atoms with Gasteiger partial charge in [0.25, 0.3) is 0 Å². The van der Waals surface area contributed by atoms with Crippen molar-refractivity contribution in [1.29, 1.82) is 0 Å². The molecule has 2 rings (SSSR count). The lowest BCUT2D eigenvalue weighted by molar-refractivity contribution is 1.12. The molecule has 0 saturated heterocycles. The van der Waals surface area contributed by atoms with Crippen LogP contribution in [0.25, 0.3) is 10.8 Å². The third-order valence-corrected chi connectivity index (χ3v) is 2.94. The van der Waals surface area contributed by atoms with Crippen LogP contribution in [0.1, 0.15) is 23.6 Å². The van der Waals surface area contributed by atoms with E-state index in [-0.39, 0.29) is 0 Å². The van der Waals surface area contributed by atoms with Crippen molar-refractivity contribution >= 4 is 10.8 Å². The molecule has 0 amide bonds. The summed E-state index contributed by atoms with van der Waals surface area (Å²) in [5, 5.41) is 2.76. The van der Waals surface area contributed by atoms with Gasteiger partial charge in [0.15, 0.2) is 0 Å². The lowest BCUT2D eigenvalue weighted by Crippen LogP contribution is -1.88. The van der Waals surface area contributed by atoms with E-state index in [2.05, 4.69) is 51.1 Å². The van der Waals surface area contributed by atoms with E-state index in [0.29, 0.717) is 0 Å². The second kappa shape index (κ2) is 3.45. The first-order chi connectivity index (χ1) is 6.72. The molecule has 0 aliphatic heterocycles. The summed E-state index contributed by atoms with van der Waals surface area (Å²) in [6.45, 7) is 6.59. The molecule has 0 N–H and O–H groups in total. The lowest BCUT2D eigenvalue weighted by Gasteiger charge is -2.08. The number of rotatable bonds is 1. The normalized spacial score (nSPS) is 10.8. The van der Waals surface area contributed by atoms with E-state index < -0.39 is 0 Å². The van der Waals surface area contributed by atoms with Gasteiger partial charge >= 0.3 is 0 Å². The summed E-state index contributed by atoms with van der Waals surface area (Å²) in [6.07, 6.45) is 1.12. The Morgan fingerprint density at radius 1 is 1.00 bits per heavy atom. The van der Waals surface area contributed by atoms with Gasteiger partial charge < -0.3 is 0 Å². The highest BCUT2D eigenvalue weighted by Gasteiger charge is 2.01. The van der Waals surface area contributed by atoms with Crippen LogP contribution in [0.2, 0.25) is 0 Å². The molecule has 0 radical (unpaired) electrons. The first kappa shape index (κ1) is 9.26. The fourth-order valence-corrected chi connectivity index (χ4v) is 2.01. The molecule has 0 bridgehead atoms. The molecule has 0 atom stereocenters. The first-order valence-electron chi connectivity index (χ1n) is 5.21. The molecule has 0 fully saturated rings. The number of hydrogen-bond donors (Lipinski definition) is 0. The molecule has 0 aromatic heterocycles. The van der Waals surface area contributed by atoms with Crippen LogP contribution in [0.5, 0.6) is 0 Å². The van der Waals surface area contributed by atoms with Crippen LogP contribution < -0.4 is 0 Å². The van der Waals surface area contributed by atoms with E-state index in [1.165, 1.54) is 27.5 Å². The molecular formula is C14H16.